The van der Waals surface area contributed by atoms with Crippen LogP contribution in [0.25, 0.3) is 0 Å². The number of rotatable bonds is 7. The van der Waals surface area contributed by atoms with Crippen molar-refractivity contribution in [2.45, 2.75) is 58.5 Å². The van der Waals surface area contributed by atoms with Crippen LogP contribution < -0.4 is 0 Å². The van der Waals surface area contributed by atoms with E-state index in [-0.39, 0.29) is 42.4 Å². The quantitative estimate of drug-likeness (QED) is 0.636. The number of hydrogen-bond donors (Lipinski definition) is 0. The molecule has 1 atom stereocenters. The average Bonchev–Trinajstić information content (AvgIpc) is 2.67. The predicted octanol–water partition coefficient (Wildman–Crippen LogP) is 3.19. The van der Waals surface area contributed by atoms with Gasteiger partial charge in [0.15, 0.2) is 0 Å². The van der Waals surface area contributed by atoms with Crippen LogP contribution in [-0.4, -0.2) is 59.9 Å². The van der Waals surface area contributed by atoms with E-state index in [1.807, 2.05) is 20.8 Å². The summed E-state index contributed by atoms with van der Waals surface area (Å²) in [7, 11) is 1.73. The lowest BCUT2D eigenvalue weighted by Crippen LogP contribution is -2.46. The second-order valence-corrected chi connectivity index (χ2v) is 8.93. The van der Waals surface area contributed by atoms with Crippen LogP contribution in [-0.2, 0) is 25.5 Å². The third kappa shape index (κ3) is 7.76. The molecule has 0 aliphatic carbocycles. The van der Waals surface area contributed by atoms with Crippen molar-refractivity contribution in [2.75, 3.05) is 26.7 Å². The van der Waals surface area contributed by atoms with Gasteiger partial charge in [0.2, 0.25) is 11.8 Å². The lowest BCUT2D eigenvalue weighted by atomic mass is 9.96. The van der Waals surface area contributed by atoms with Crippen LogP contribution in [0.3, 0.4) is 0 Å². The SMILES string of the molecule is CN(CCCC(=O)OC(C)(C)C)C(=O)C1CCCN(C(=O)Cc2ccc(F)cc2)C1. The first-order valence-electron chi connectivity index (χ1n) is 10.5. The van der Waals surface area contributed by atoms with Gasteiger partial charge in [0.05, 0.1) is 12.3 Å². The first-order chi connectivity index (χ1) is 14.0. The van der Waals surface area contributed by atoms with Gasteiger partial charge in [-0.3, -0.25) is 14.4 Å². The molecule has 0 spiro atoms. The van der Waals surface area contributed by atoms with Crippen LogP contribution in [0.15, 0.2) is 24.3 Å². The normalized spacial score (nSPS) is 16.8. The summed E-state index contributed by atoms with van der Waals surface area (Å²) in [5.41, 5.74) is 0.249. The summed E-state index contributed by atoms with van der Waals surface area (Å²) < 4.78 is 18.3. The van der Waals surface area contributed by atoms with Crippen LogP contribution in [0.1, 0.15) is 52.0 Å². The molecule has 1 aromatic carbocycles. The Balaban J connectivity index is 1.80. The van der Waals surface area contributed by atoms with Gasteiger partial charge in [0, 0.05) is 33.1 Å². The summed E-state index contributed by atoms with van der Waals surface area (Å²) >= 11 is 0. The molecule has 0 saturated carbocycles. The highest BCUT2D eigenvalue weighted by Gasteiger charge is 2.30. The number of hydrogen-bond acceptors (Lipinski definition) is 4. The first kappa shape index (κ1) is 23.8. The van der Waals surface area contributed by atoms with Gasteiger partial charge in [-0.15, -0.1) is 0 Å². The highest BCUT2D eigenvalue weighted by molar-refractivity contribution is 5.82. The van der Waals surface area contributed by atoms with Gasteiger partial charge in [-0.1, -0.05) is 12.1 Å². The van der Waals surface area contributed by atoms with Gasteiger partial charge in [0.1, 0.15) is 11.4 Å². The molecule has 0 bridgehead atoms. The van der Waals surface area contributed by atoms with Crippen LogP contribution in [0, 0.1) is 11.7 Å². The minimum atomic E-state index is -0.509. The van der Waals surface area contributed by atoms with Gasteiger partial charge in [-0.05, 0) is 57.7 Å². The molecule has 6 nitrogen and oxygen atoms in total. The number of piperidine rings is 1. The number of carbonyl (C=O) groups is 3. The van der Waals surface area contributed by atoms with E-state index in [2.05, 4.69) is 0 Å². The number of ether oxygens (including phenoxy) is 1. The van der Waals surface area contributed by atoms with Crippen molar-refractivity contribution in [3.8, 4) is 0 Å². The highest BCUT2D eigenvalue weighted by atomic mass is 19.1. The number of carbonyl (C=O) groups excluding carboxylic acids is 3. The van der Waals surface area contributed by atoms with E-state index < -0.39 is 5.60 Å². The predicted molar refractivity (Wildman–Crippen MR) is 112 cm³/mol. The molecule has 30 heavy (non-hydrogen) atoms. The average molecular weight is 421 g/mol. The Morgan fingerprint density at radius 3 is 2.50 bits per heavy atom. The molecular formula is C23H33FN2O4. The Hall–Kier alpha value is -2.44. The molecule has 1 fully saturated rings. The Morgan fingerprint density at radius 2 is 1.87 bits per heavy atom. The standard InChI is InChI=1S/C23H33FN2O4/c1-23(2,3)30-21(28)8-6-13-25(4)22(29)18-7-5-14-26(16-18)20(27)15-17-9-11-19(24)12-10-17/h9-12,18H,5-8,13-16H2,1-4H3. The third-order valence-corrected chi connectivity index (χ3v) is 5.06. The van der Waals surface area contributed by atoms with Crippen molar-refractivity contribution in [1.82, 2.24) is 9.80 Å². The molecule has 1 aromatic rings. The minimum absolute atomic E-state index is 0.00142. The number of nitrogens with zero attached hydrogens (tertiary/aromatic N) is 2. The fraction of sp³-hybridized carbons (Fsp3) is 0.609. The van der Waals surface area contributed by atoms with Crippen LogP contribution in [0.5, 0.6) is 0 Å². The zero-order valence-corrected chi connectivity index (χ0v) is 18.4. The highest BCUT2D eigenvalue weighted by Crippen LogP contribution is 2.20. The van der Waals surface area contributed by atoms with Crippen LogP contribution in [0.2, 0.25) is 0 Å². The topological polar surface area (TPSA) is 66.9 Å². The van der Waals surface area contributed by atoms with Crippen LogP contribution >= 0.6 is 0 Å². The molecule has 1 saturated heterocycles. The van der Waals surface area contributed by atoms with E-state index in [0.717, 1.165) is 18.4 Å². The molecule has 0 aromatic heterocycles. The van der Waals surface area contributed by atoms with Gasteiger partial charge >= 0.3 is 5.97 Å². The number of amides is 2. The van der Waals surface area contributed by atoms with Crippen molar-refractivity contribution >= 4 is 17.8 Å². The fourth-order valence-electron chi connectivity index (χ4n) is 3.57. The van der Waals surface area contributed by atoms with E-state index in [9.17, 15) is 18.8 Å². The molecule has 1 aliphatic heterocycles. The second kappa shape index (κ2) is 10.5. The first-order valence-corrected chi connectivity index (χ1v) is 10.5. The lowest BCUT2D eigenvalue weighted by Gasteiger charge is -2.34. The molecule has 166 valence electrons. The molecule has 0 N–H and O–H groups in total. The Kier molecular flexibility index (Phi) is 8.38. The molecule has 2 amide bonds. The second-order valence-electron chi connectivity index (χ2n) is 8.93. The van der Waals surface area contributed by atoms with E-state index in [0.29, 0.717) is 26.1 Å². The monoisotopic (exact) mass is 420 g/mol. The van der Waals surface area contributed by atoms with Crippen LogP contribution in [0.4, 0.5) is 4.39 Å². The summed E-state index contributed by atoms with van der Waals surface area (Å²) in [5, 5.41) is 0. The lowest BCUT2D eigenvalue weighted by molar-refractivity contribution is -0.155. The van der Waals surface area contributed by atoms with Gasteiger partial charge in [-0.2, -0.15) is 0 Å². The van der Waals surface area contributed by atoms with Crippen molar-refractivity contribution < 1.29 is 23.5 Å². The zero-order chi connectivity index (χ0) is 22.3. The van der Waals surface area contributed by atoms with Crippen molar-refractivity contribution in [3.05, 3.63) is 35.6 Å². The maximum Gasteiger partial charge on any atom is 0.306 e. The number of benzene rings is 1. The van der Waals surface area contributed by atoms with Crippen molar-refractivity contribution in [2.24, 2.45) is 5.92 Å². The molecule has 1 heterocycles. The van der Waals surface area contributed by atoms with Crippen molar-refractivity contribution in [3.63, 3.8) is 0 Å². The fourth-order valence-corrected chi connectivity index (χ4v) is 3.57. The Bertz CT molecular complexity index is 743. The Labute approximate surface area is 178 Å². The molecule has 1 aliphatic rings. The molecule has 7 heteroatoms. The summed E-state index contributed by atoms with van der Waals surface area (Å²) in [4.78, 5) is 40.6. The summed E-state index contributed by atoms with van der Waals surface area (Å²) in [6.45, 7) is 6.98. The third-order valence-electron chi connectivity index (χ3n) is 5.06. The number of halogens is 1. The van der Waals surface area contributed by atoms with E-state index in [4.69, 9.17) is 4.74 Å². The van der Waals surface area contributed by atoms with E-state index >= 15 is 0 Å². The van der Waals surface area contributed by atoms with Gasteiger partial charge in [-0.25, -0.2) is 4.39 Å². The van der Waals surface area contributed by atoms with E-state index in [1.54, 1.807) is 29.0 Å². The van der Waals surface area contributed by atoms with Crippen molar-refractivity contribution in [1.29, 1.82) is 0 Å². The van der Waals surface area contributed by atoms with Gasteiger partial charge < -0.3 is 14.5 Å². The largest absolute Gasteiger partial charge is 0.460 e. The summed E-state index contributed by atoms with van der Waals surface area (Å²) in [6.07, 6.45) is 2.53. The smallest absolute Gasteiger partial charge is 0.306 e. The minimum Gasteiger partial charge on any atom is -0.460 e. The molecule has 0 radical (unpaired) electrons. The number of likely N-dealkylation sites (tertiary alicyclic amines) is 1. The Morgan fingerprint density at radius 1 is 1.20 bits per heavy atom. The van der Waals surface area contributed by atoms with Gasteiger partial charge in [0.25, 0.3) is 0 Å². The van der Waals surface area contributed by atoms with E-state index in [1.165, 1.54) is 12.1 Å². The summed E-state index contributed by atoms with van der Waals surface area (Å²) in [6, 6.07) is 5.91. The molecule has 2 rings (SSSR count). The summed E-state index contributed by atoms with van der Waals surface area (Å²) in [5.74, 6) is -0.879. The maximum atomic E-state index is 13.0. The molecular weight excluding hydrogens is 387 g/mol. The maximum absolute atomic E-state index is 13.0. The number of esters is 1. The molecule has 1 unspecified atom stereocenters. The zero-order valence-electron chi connectivity index (χ0n) is 18.4.